The largest absolute Gasteiger partial charge is 0.351 e. The molecule has 0 bridgehead atoms. The van der Waals surface area contributed by atoms with Crippen LogP contribution in [0.4, 0.5) is 16.2 Å². The third-order valence-corrected chi connectivity index (χ3v) is 5.98. The molecule has 2 amide bonds. The molecule has 2 aromatic carbocycles. The van der Waals surface area contributed by atoms with Gasteiger partial charge >= 0.3 is 6.03 Å². The number of sulfonamides is 1. The van der Waals surface area contributed by atoms with E-state index in [2.05, 4.69) is 25.6 Å². The van der Waals surface area contributed by atoms with Gasteiger partial charge in [0.25, 0.3) is 10.0 Å². The molecule has 0 aliphatic rings. The summed E-state index contributed by atoms with van der Waals surface area (Å²) in [6, 6.07) is 15.8. The quantitative estimate of drug-likeness (QED) is 0.584. The van der Waals surface area contributed by atoms with Crippen molar-refractivity contribution in [2.45, 2.75) is 11.4 Å². The minimum atomic E-state index is -3.78. The summed E-state index contributed by atoms with van der Waals surface area (Å²) in [5.41, 5.74) is 7.20. The molecule has 9 heteroatoms. The van der Waals surface area contributed by atoms with E-state index >= 15 is 0 Å². The third kappa shape index (κ3) is 4.68. The summed E-state index contributed by atoms with van der Waals surface area (Å²) in [6.07, 6.45) is 3.27. The van der Waals surface area contributed by atoms with Crippen LogP contribution >= 0.6 is 15.9 Å². The lowest BCUT2D eigenvalue weighted by molar-refractivity contribution is 0.253. The average molecular weight is 461 g/mol. The molecule has 0 fully saturated rings. The maximum Gasteiger partial charge on any atom is 0.319 e. The molecule has 3 aromatic rings. The SMILES string of the molecule is NC(=O)N(Cc1cccnc1)c1ccc(S(=O)(=O)Nc2ccccc2Br)cc1. The van der Waals surface area contributed by atoms with Gasteiger partial charge in [-0.05, 0) is 64.0 Å². The van der Waals surface area contributed by atoms with Gasteiger partial charge in [-0.1, -0.05) is 18.2 Å². The van der Waals surface area contributed by atoms with Crippen LogP contribution in [0.5, 0.6) is 0 Å². The van der Waals surface area contributed by atoms with Crippen molar-refractivity contribution in [1.82, 2.24) is 4.98 Å². The number of urea groups is 1. The Morgan fingerprint density at radius 2 is 1.79 bits per heavy atom. The second-order valence-corrected chi connectivity index (χ2v) is 8.40. The number of benzene rings is 2. The highest BCUT2D eigenvalue weighted by Gasteiger charge is 2.18. The van der Waals surface area contributed by atoms with E-state index < -0.39 is 16.1 Å². The van der Waals surface area contributed by atoms with Crippen molar-refractivity contribution in [2.24, 2.45) is 5.73 Å². The van der Waals surface area contributed by atoms with Gasteiger partial charge in [0.05, 0.1) is 17.1 Å². The van der Waals surface area contributed by atoms with Gasteiger partial charge in [-0.25, -0.2) is 13.2 Å². The molecule has 0 aliphatic carbocycles. The number of nitrogens with two attached hydrogens (primary N) is 1. The number of nitrogens with one attached hydrogen (secondary N) is 1. The Bertz CT molecular complexity index is 1070. The van der Waals surface area contributed by atoms with Gasteiger partial charge in [-0.3, -0.25) is 14.6 Å². The Labute approximate surface area is 171 Å². The van der Waals surface area contributed by atoms with Crippen molar-refractivity contribution in [2.75, 3.05) is 9.62 Å². The van der Waals surface area contributed by atoms with Crippen LogP contribution in [0.3, 0.4) is 0 Å². The second kappa shape index (κ2) is 8.41. The van der Waals surface area contributed by atoms with Gasteiger partial charge in [0.15, 0.2) is 0 Å². The number of rotatable bonds is 6. The summed E-state index contributed by atoms with van der Waals surface area (Å²) >= 11 is 3.31. The zero-order valence-electron chi connectivity index (χ0n) is 14.6. The monoisotopic (exact) mass is 460 g/mol. The highest BCUT2D eigenvalue weighted by molar-refractivity contribution is 9.10. The molecular weight excluding hydrogens is 444 g/mol. The summed E-state index contributed by atoms with van der Waals surface area (Å²) in [5, 5.41) is 0. The first-order valence-electron chi connectivity index (χ1n) is 8.20. The van der Waals surface area contributed by atoms with Gasteiger partial charge in [-0.2, -0.15) is 0 Å². The molecule has 0 saturated carbocycles. The summed E-state index contributed by atoms with van der Waals surface area (Å²) in [7, 11) is -3.78. The molecule has 1 aromatic heterocycles. The van der Waals surface area contributed by atoms with Crippen LogP contribution in [0, 0.1) is 0 Å². The topological polar surface area (TPSA) is 105 Å². The Morgan fingerprint density at radius 3 is 2.39 bits per heavy atom. The van der Waals surface area contributed by atoms with Gasteiger partial charge in [0, 0.05) is 22.6 Å². The average Bonchev–Trinajstić information content (AvgIpc) is 2.68. The number of anilines is 2. The van der Waals surface area contributed by atoms with Crippen molar-refractivity contribution in [3.8, 4) is 0 Å². The minimum absolute atomic E-state index is 0.0674. The number of carbonyl (C=O) groups excluding carboxylic acids is 1. The highest BCUT2D eigenvalue weighted by Crippen LogP contribution is 2.26. The maximum atomic E-state index is 12.6. The van der Waals surface area contributed by atoms with E-state index in [4.69, 9.17) is 5.73 Å². The Morgan fingerprint density at radius 1 is 1.07 bits per heavy atom. The lowest BCUT2D eigenvalue weighted by Crippen LogP contribution is -2.35. The molecule has 28 heavy (non-hydrogen) atoms. The number of carbonyl (C=O) groups is 1. The normalized spacial score (nSPS) is 11.0. The van der Waals surface area contributed by atoms with Crippen LogP contribution in [0.15, 0.2) is 82.4 Å². The predicted molar refractivity (Wildman–Crippen MR) is 111 cm³/mol. The molecule has 7 nitrogen and oxygen atoms in total. The number of pyridine rings is 1. The minimum Gasteiger partial charge on any atom is -0.351 e. The molecule has 0 atom stereocenters. The number of hydrogen-bond acceptors (Lipinski definition) is 4. The molecule has 0 spiro atoms. The lowest BCUT2D eigenvalue weighted by atomic mass is 10.2. The first kappa shape index (κ1) is 19.8. The number of nitrogens with zero attached hydrogens (tertiary/aromatic N) is 2. The first-order valence-corrected chi connectivity index (χ1v) is 10.5. The predicted octanol–water partition coefficient (Wildman–Crippen LogP) is 3.73. The molecule has 0 radical (unpaired) electrons. The molecule has 0 aliphatic heterocycles. The Hall–Kier alpha value is -2.91. The number of aromatic nitrogens is 1. The smallest absolute Gasteiger partial charge is 0.319 e. The fraction of sp³-hybridized carbons (Fsp3) is 0.0526. The van der Waals surface area contributed by atoms with Crippen LogP contribution in [0.2, 0.25) is 0 Å². The molecular formula is C19H17BrN4O3S. The molecule has 0 unspecified atom stereocenters. The standard InChI is InChI=1S/C19H17BrN4O3S/c20-17-5-1-2-6-18(17)23-28(26,27)16-9-7-15(8-10-16)24(19(21)25)13-14-4-3-11-22-12-14/h1-12,23H,13H2,(H2,21,25). The highest BCUT2D eigenvalue weighted by atomic mass is 79.9. The number of amides is 2. The van der Waals surface area contributed by atoms with Crippen molar-refractivity contribution in [1.29, 1.82) is 0 Å². The van der Waals surface area contributed by atoms with Crippen LogP contribution in [-0.4, -0.2) is 19.4 Å². The first-order chi connectivity index (χ1) is 13.4. The van der Waals surface area contributed by atoms with Crippen molar-refractivity contribution < 1.29 is 13.2 Å². The molecule has 3 rings (SSSR count). The van der Waals surface area contributed by atoms with E-state index in [0.29, 0.717) is 15.8 Å². The summed E-state index contributed by atoms with van der Waals surface area (Å²) < 4.78 is 28.4. The van der Waals surface area contributed by atoms with Crippen LogP contribution in [0.1, 0.15) is 5.56 Å². The Balaban J connectivity index is 1.83. The van der Waals surface area contributed by atoms with Crippen molar-refractivity contribution in [3.63, 3.8) is 0 Å². The fourth-order valence-electron chi connectivity index (χ4n) is 2.52. The fourth-order valence-corrected chi connectivity index (χ4v) is 4.12. The van der Waals surface area contributed by atoms with Crippen molar-refractivity contribution >= 4 is 43.4 Å². The lowest BCUT2D eigenvalue weighted by Gasteiger charge is -2.21. The Kier molecular flexibility index (Phi) is 5.96. The van der Waals surface area contributed by atoms with E-state index in [0.717, 1.165) is 5.56 Å². The summed E-state index contributed by atoms with van der Waals surface area (Å²) in [4.78, 5) is 17.3. The summed E-state index contributed by atoms with van der Waals surface area (Å²) in [6.45, 7) is 0.227. The molecule has 0 saturated heterocycles. The molecule has 144 valence electrons. The van der Waals surface area contributed by atoms with Crippen LogP contribution in [-0.2, 0) is 16.6 Å². The number of halogens is 1. The van der Waals surface area contributed by atoms with Gasteiger partial charge in [0.2, 0.25) is 0 Å². The van der Waals surface area contributed by atoms with Gasteiger partial charge in [0.1, 0.15) is 0 Å². The third-order valence-electron chi connectivity index (χ3n) is 3.91. The summed E-state index contributed by atoms with van der Waals surface area (Å²) in [5.74, 6) is 0. The van der Waals surface area contributed by atoms with Crippen LogP contribution < -0.4 is 15.4 Å². The van der Waals surface area contributed by atoms with Gasteiger partial charge < -0.3 is 5.73 Å². The zero-order chi connectivity index (χ0) is 20.1. The van der Waals surface area contributed by atoms with E-state index in [1.807, 2.05) is 6.07 Å². The molecule has 3 N–H and O–H groups in total. The number of para-hydroxylation sites is 1. The molecule has 1 heterocycles. The van der Waals surface area contributed by atoms with Crippen LogP contribution in [0.25, 0.3) is 0 Å². The van der Waals surface area contributed by atoms with E-state index in [1.165, 1.54) is 29.2 Å². The number of primary amides is 1. The van der Waals surface area contributed by atoms with E-state index in [-0.39, 0.29) is 11.4 Å². The van der Waals surface area contributed by atoms with Crippen molar-refractivity contribution in [3.05, 3.63) is 83.1 Å². The maximum absolute atomic E-state index is 12.6. The van der Waals surface area contributed by atoms with E-state index in [1.54, 1.807) is 42.7 Å². The zero-order valence-corrected chi connectivity index (χ0v) is 17.0. The second-order valence-electron chi connectivity index (χ2n) is 5.86. The van der Waals surface area contributed by atoms with Gasteiger partial charge in [-0.15, -0.1) is 0 Å². The van der Waals surface area contributed by atoms with E-state index in [9.17, 15) is 13.2 Å². The number of hydrogen-bond donors (Lipinski definition) is 2.